The number of imidazole rings is 1. The van der Waals surface area contributed by atoms with E-state index in [1.54, 1.807) is 6.33 Å². The Morgan fingerprint density at radius 3 is 2.47 bits per heavy atom. The van der Waals surface area contributed by atoms with Gasteiger partial charge in [-0.25, -0.2) is 19.7 Å². The minimum atomic E-state index is -3.72. The number of hydrogen-bond acceptors (Lipinski definition) is 5. The van der Waals surface area contributed by atoms with Crippen LogP contribution in [0.4, 0.5) is 8.78 Å². The highest BCUT2D eigenvalue weighted by Crippen LogP contribution is 2.32. The molecule has 0 saturated heterocycles. The van der Waals surface area contributed by atoms with E-state index in [4.69, 9.17) is 0 Å². The Hall–Kier alpha value is -3.68. The average molecular weight is 408 g/mol. The normalized spacial score (nSPS) is 11.6. The second-order valence-electron chi connectivity index (χ2n) is 6.62. The summed E-state index contributed by atoms with van der Waals surface area (Å²) in [5, 5.41) is 0. The van der Waals surface area contributed by atoms with Crippen molar-refractivity contribution >= 4 is 17.1 Å². The second kappa shape index (κ2) is 7.98. The number of aromatic nitrogens is 4. The van der Waals surface area contributed by atoms with Gasteiger partial charge >= 0.3 is 11.9 Å². The zero-order chi connectivity index (χ0) is 21.1. The summed E-state index contributed by atoms with van der Waals surface area (Å²) in [5.41, 5.74) is 2.99. The van der Waals surface area contributed by atoms with Crippen molar-refractivity contribution in [2.75, 3.05) is 6.61 Å². The monoisotopic (exact) mass is 408 g/mol. The number of ether oxygens (including phenoxy) is 1. The van der Waals surface area contributed by atoms with Crippen molar-refractivity contribution in [3.8, 4) is 11.3 Å². The van der Waals surface area contributed by atoms with Crippen LogP contribution in [0.1, 0.15) is 18.1 Å². The summed E-state index contributed by atoms with van der Waals surface area (Å²) in [6.07, 6.45) is 3.10. The number of halogens is 2. The highest BCUT2D eigenvalue weighted by Gasteiger charge is 2.42. The second-order valence-corrected chi connectivity index (χ2v) is 6.62. The van der Waals surface area contributed by atoms with Gasteiger partial charge in [0.2, 0.25) is 0 Å². The molecule has 30 heavy (non-hydrogen) atoms. The number of hydrogen-bond donors (Lipinski definition) is 0. The first-order chi connectivity index (χ1) is 14.5. The van der Waals surface area contributed by atoms with Crippen LogP contribution < -0.4 is 0 Å². The number of nitrogens with zero attached hydrogens (tertiary/aromatic N) is 4. The summed E-state index contributed by atoms with van der Waals surface area (Å²) in [6.45, 7) is 1.96. The lowest BCUT2D eigenvalue weighted by atomic mass is 10.0. The molecular weight excluding hydrogens is 390 g/mol. The van der Waals surface area contributed by atoms with Crippen LogP contribution in [0.2, 0.25) is 0 Å². The molecule has 0 fully saturated rings. The van der Waals surface area contributed by atoms with Gasteiger partial charge in [0.25, 0.3) is 0 Å². The van der Waals surface area contributed by atoms with Crippen molar-refractivity contribution in [3.05, 3.63) is 78.4 Å². The Labute approximate surface area is 171 Å². The molecule has 0 amide bonds. The molecule has 8 heteroatoms. The zero-order valence-electron chi connectivity index (χ0n) is 16.1. The van der Waals surface area contributed by atoms with Crippen molar-refractivity contribution in [2.45, 2.75) is 19.4 Å². The van der Waals surface area contributed by atoms with Gasteiger partial charge in [0, 0.05) is 11.1 Å². The minimum Gasteiger partial charge on any atom is -0.461 e. The molecule has 0 saturated carbocycles. The van der Waals surface area contributed by atoms with Gasteiger partial charge in [-0.15, -0.1) is 0 Å². The summed E-state index contributed by atoms with van der Waals surface area (Å²) in [4.78, 5) is 24.6. The summed E-state index contributed by atoms with van der Waals surface area (Å²) >= 11 is 0. The molecule has 2 heterocycles. The van der Waals surface area contributed by atoms with E-state index in [-0.39, 0.29) is 6.61 Å². The number of rotatable bonds is 6. The van der Waals surface area contributed by atoms with Crippen molar-refractivity contribution in [3.63, 3.8) is 0 Å². The number of carbonyl (C=O) groups excluding carboxylic acids is 1. The third-order valence-electron chi connectivity index (χ3n) is 4.65. The third kappa shape index (κ3) is 3.63. The van der Waals surface area contributed by atoms with Gasteiger partial charge in [-0.3, -0.25) is 0 Å². The van der Waals surface area contributed by atoms with Crippen LogP contribution in [0.5, 0.6) is 0 Å². The largest absolute Gasteiger partial charge is 0.461 e. The van der Waals surface area contributed by atoms with E-state index in [0.29, 0.717) is 29.0 Å². The van der Waals surface area contributed by atoms with Crippen LogP contribution in [0.15, 0.2) is 67.3 Å². The van der Waals surface area contributed by atoms with Crippen LogP contribution in [-0.2, 0) is 22.0 Å². The molecule has 0 aliphatic carbocycles. The van der Waals surface area contributed by atoms with Crippen LogP contribution in [0, 0.1) is 0 Å². The summed E-state index contributed by atoms with van der Waals surface area (Å²) in [5.74, 6) is -5.28. The molecule has 0 radical (unpaired) electrons. The first kappa shape index (κ1) is 19.6. The van der Waals surface area contributed by atoms with Gasteiger partial charge in [0.1, 0.15) is 17.5 Å². The molecule has 4 aromatic rings. The SMILES string of the molecule is CCOC(=O)C(F)(F)c1ccc(-c2ncnc3c2ncn3Cc2ccccc2)cc1. The van der Waals surface area contributed by atoms with E-state index in [1.165, 1.54) is 37.5 Å². The molecular formula is C22H18F2N4O2. The minimum absolute atomic E-state index is 0.114. The zero-order valence-corrected chi connectivity index (χ0v) is 16.1. The van der Waals surface area contributed by atoms with Crippen LogP contribution in [0.3, 0.4) is 0 Å². The highest BCUT2D eigenvalue weighted by molar-refractivity contribution is 5.87. The first-order valence-electron chi connectivity index (χ1n) is 9.36. The maximum atomic E-state index is 14.2. The van der Waals surface area contributed by atoms with E-state index >= 15 is 0 Å². The fourth-order valence-corrected chi connectivity index (χ4v) is 3.16. The lowest BCUT2D eigenvalue weighted by Gasteiger charge is -2.15. The lowest BCUT2D eigenvalue weighted by Crippen LogP contribution is -2.28. The van der Waals surface area contributed by atoms with Gasteiger partial charge in [0.15, 0.2) is 5.65 Å². The fourth-order valence-electron chi connectivity index (χ4n) is 3.16. The van der Waals surface area contributed by atoms with E-state index in [9.17, 15) is 13.6 Å². The summed E-state index contributed by atoms with van der Waals surface area (Å²) < 4.78 is 34.8. The van der Waals surface area contributed by atoms with Crippen molar-refractivity contribution in [1.29, 1.82) is 0 Å². The van der Waals surface area contributed by atoms with Gasteiger partial charge < -0.3 is 9.30 Å². The van der Waals surface area contributed by atoms with Crippen molar-refractivity contribution in [1.82, 2.24) is 19.5 Å². The molecule has 0 aliphatic rings. The topological polar surface area (TPSA) is 69.9 Å². The Bertz CT molecular complexity index is 1170. The van der Waals surface area contributed by atoms with Crippen molar-refractivity contribution in [2.24, 2.45) is 0 Å². The molecule has 4 rings (SSSR count). The number of fused-ring (bicyclic) bond motifs is 1. The molecule has 0 unspecified atom stereocenters. The van der Waals surface area contributed by atoms with Crippen LogP contribution >= 0.6 is 0 Å². The molecule has 0 atom stereocenters. The number of alkyl halides is 2. The Morgan fingerprint density at radius 2 is 1.77 bits per heavy atom. The molecule has 0 aliphatic heterocycles. The Balaban J connectivity index is 1.66. The van der Waals surface area contributed by atoms with Gasteiger partial charge in [0.05, 0.1) is 19.5 Å². The predicted octanol–water partition coefficient (Wildman–Crippen LogP) is 4.20. The first-order valence-corrected chi connectivity index (χ1v) is 9.36. The maximum absolute atomic E-state index is 14.2. The van der Waals surface area contributed by atoms with Gasteiger partial charge in [-0.1, -0.05) is 54.6 Å². The van der Waals surface area contributed by atoms with Gasteiger partial charge in [-0.05, 0) is 12.5 Å². The molecule has 0 spiro atoms. The predicted molar refractivity (Wildman–Crippen MR) is 107 cm³/mol. The lowest BCUT2D eigenvalue weighted by molar-refractivity contribution is -0.173. The van der Waals surface area contributed by atoms with E-state index in [2.05, 4.69) is 19.7 Å². The smallest absolute Gasteiger partial charge is 0.381 e. The molecule has 2 aromatic heterocycles. The quantitative estimate of drug-likeness (QED) is 0.447. The van der Waals surface area contributed by atoms with Crippen LogP contribution in [-0.4, -0.2) is 32.1 Å². The van der Waals surface area contributed by atoms with Crippen molar-refractivity contribution < 1.29 is 18.3 Å². The average Bonchev–Trinajstić information content (AvgIpc) is 3.17. The summed E-state index contributed by atoms with van der Waals surface area (Å²) in [6, 6.07) is 15.3. The Kier molecular flexibility index (Phi) is 5.22. The fraction of sp³-hybridized carbons (Fsp3) is 0.182. The highest BCUT2D eigenvalue weighted by atomic mass is 19.3. The molecule has 152 valence electrons. The van der Waals surface area contributed by atoms with E-state index < -0.39 is 17.5 Å². The number of esters is 1. The standard InChI is InChI=1S/C22H18F2N4O2/c1-2-30-21(29)22(23,24)17-10-8-16(9-11-17)18-19-20(26-13-25-18)28(14-27-19)12-15-6-4-3-5-7-15/h3-11,13-14H,2,12H2,1H3. The van der Waals surface area contributed by atoms with Gasteiger partial charge in [-0.2, -0.15) is 8.78 Å². The summed E-state index contributed by atoms with van der Waals surface area (Å²) in [7, 11) is 0. The molecule has 6 nitrogen and oxygen atoms in total. The van der Waals surface area contributed by atoms with E-state index in [0.717, 1.165) is 5.56 Å². The number of benzene rings is 2. The Morgan fingerprint density at radius 1 is 1.03 bits per heavy atom. The molecule has 2 aromatic carbocycles. The number of carbonyl (C=O) groups is 1. The third-order valence-corrected chi connectivity index (χ3v) is 4.65. The maximum Gasteiger partial charge on any atom is 0.381 e. The van der Waals surface area contributed by atoms with E-state index in [1.807, 2.05) is 34.9 Å². The molecule has 0 bridgehead atoms. The molecule has 0 N–H and O–H groups in total. The van der Waals surface area contributed by atoms with Crippen LogP contribution in [0.25, 0.3) is 22.4 Å².